The van der Waals surface area contributed by atoms with E-state index in [1.165, 1.54) is 12.8 Å². The summed E-state index contributed by atoms with van der Waals surface area (Å²) in [7, 11) is 0. The van der Waals surface area contributed by atoms with Crippen LogP contribution in [0.3, 0.4) is 0 Å². The van der Waals surface area contributed by atoms with Crippen LogP contribution in [0, 0.1) is 0 Å². The molecule has 0 aromatic heterocycles. The highest BCUT2D eigenvalue weighted by atomic mass is 31.0. The first-order valence-corrected chi connectivity index (χ1v) is 4.84. The van der Waals surface area contributed by atoms with Crippen LogP contribution in [0.5, 0.6) is 0 Å². The molecule has 0 heterocycles. The number of rotatable bonds is 6. The smallest absolute Gasteiger partial charge is 0.0619 e. The third kappa shape index (κ3) is 8.49. The van der Waals surface area contributed by atoms with Crippen molar-refractivity contribution in [2.45, 2.75) is 64.9 Å². The Morgan fingerprint density at radius 2 is 1.33 bits per heavy atom. The molecule has 0 spiro atoms. The minimum atomic E-state index is -0.397. The average Bonchev–Trinajstić information content (AvgIpc) is 1.97. The summed E-state index contributed by atoms with van der Waals surface area (Å²) in [6.45, 7) is 6.28. The minimum Gasteiger partial charge on any atom is -0.390 e. The number of hydrogen-bond donors (Lipinski definition) is 1. The molecule has 0 radical (unpaired) electrons. The van der Waals surface area contributed by atoms with Gasteiger partial charge in [0.05, 0.1) is 5.60 Å². The van der Waals surface area contributed by atoms with Crippen LogP contribution in [0.2, 0.25) is 0 Å². The second kappa shape index (κ2) is 8.01. The first kappa shape index (κ1) is 14.9. The van der Waals surface area contributed by atoms with E-state index in [-0.39, 0.29) is 9.90 Å². The third-order valence-electron chi connectivity index (χ3n) is 2.14. The first-order valence-electron chi connectivity index (χ1n) is 4.84. The number of hydrogen-bond acceptors (Lipinski definition) is 1. The van der Waals surface area contributed by atoms with Crippen LogP contribution in [0.1, 0.15) is 59.3 Å². The average molecular weight is 192 g/mol. The predicted molar refractivity (Wildman–Crippen MR) is 60.8 cm³/mol. The molecule has 0 aliphatic heterocycles. The Kier molecular flexibility index (Phi) is 9.94. The van der Waals surface area contributed by atoms with E-state index >= 15 is 0 Å². The Bertz CT molecular complexity index is 81.8. The van der Waals surface area contributed by atoms with Gasteiger partial charge in [-0.05, 0) is 19.8 Å². The van der Waals surface area contributed by atoms with Gasteiger partial charge >= 0.3 is 0 Å². The van der Waals surface area contributed by atoms with E-state index in [9.17, 15) is 5.11 Å². The summed E-state index contributed by atoms with van der Waals surface area (Å²) in [4.78, 5) is 0. The molecule has 1 atom stereocenters. The van der Waals surface area contributed by atoms with Crippen molar-refractivity contribution in [1.29, 1.82) is 0 Å². The van der Waals surface area contributed by atoms with E-state index < -0.39 is 5.60 Å². The molecule has 0 aromatic carbocycles. The van der Waals surface area contributed by atoms with Crippen LogP contribution in [-0.2, 0) is 0 Å². The Hall–Kier alpha value is 0.390. The van der Waals surface area contributed by atoms with E-state index in [0.29, 0.717) is 0 Å². The van der Waals surface area contributed by atoms with Gasteiger partial charge in [-0.1, -0.05) is 39.5 Å². The zero-order valence-corrected chi connectivity index (χ0v) is 10.3. The highest BCUT2D eigenvalue weighted by molar-refractivity contribution is 6.92. The summed E-state index contributed by atoms with van der Waals surface area (Å²) >= 11 is 0. The summed E-state index contributed by atoms with van der Waals surface area (Å²) in [5, 5.41) is 9.78. The highest BCUT2D eigenvalue weighted by Crippen LogP contribution is 2.19. The van der Waals surface area contributed by atoms with Crippen molar-refractivity contribution in [3.8, 4) is 0 Å². The SMILES string of the molecule is CCCCC(C)(O)CCCC.P. The summed E-state index contributed by atoms with van der Waals surface area (Å²) in [5.74, 6) is 0. The molecule has 12 heavy (non-hydrogen) atoms. The van der Waals surface area contributed by atoms with Crippen molar-refractivity contribution in [3.63, 3.8) is 0 Å². The molecule has 0 bridgehead atoms. The summed E-state index contributed by atoms with van der Waals surface area (Å²) < 4.78 is 0. The molecule has 2 heteroatoms. The molecule has 0 aromatic rings. The quantitative estimate of drug-likeness (QED) is 0.641. The van der Waals surface area contributed by atoms with Gasteiger partial charge < -0.3 is 5.11 Å². The van der Waals surface area contributed by atoms with Gasteiger partial charge in [-0.2, -0.15) is 9.90 Å². The molecule has 1 N–H and O–H groups in total. The highest BCUT2D eigenvalue weighted by Gasteiger charge is 2.17. The van der Waals surface area contributed by atoms with E-state index in [1.807, 2.05) is 6.92 Å². The van der Waals surface area contributed by atoms with Gasteiger partial charge in [0.1, 0.15) is 0 Å². The molecule has 0 saturated carbocycles. The fraction of sp³-hybridized carbons (Fsp3) is 1.00. The third-order valence-corrected chi connectivity index (χ3v) is 2.14. The maximum atomic E-state index is 9.78. The molecule has 0 aliphatic carbocycles. The molecule has 0 aliphatic rings. The van der Waals surface area contributed by atoms with Crippen LogP contribution in [0.25, 0.3) is 0 Å². The molecular formula is C10H25OP. The van der Waals surface area contributed by atoms with Crippen molar-refractivity contribution in [2.24, 2.45) is 0 Å². The fourth-order valence-electron chi connectivity index (χ4n) is 1.24. The monoisotopic (exact) mass is 192 g/mol. The molecule has 1 unspecified atom stereocenters. The molecule has 0 fully saturated rings. The molecular weight excluding hydrogens is 167 g/mol. The van der Waals surface area contributed by atoms with Gasteiger partial charge in [0, 0.05) is 0 Å². The van der Waals surface area contributed by atoms with E-state index in [0.717, 1.165) is 25.7 Å². The van der Waals surface area contributed by atoms with Gasteiger partial charge in [0.15, 0.2) is 0 Å². The van der Waals surface area contributed by atoms with Crippen molar-refractivity contribution >= 4 is 9.90 Å². The van der Waals surface area contributed by atoms with Gasteiger partial charge in [-0.15, -0.1) is 0 Å². The Balaban J connectivity index is 0. The van der Waals surface area contributed by atoms with Crippen LogP contribution >= 0.6 is 9.90 Å². The second-order valence-corrected chi connectivity index (χ2v) is 3.70. The predicted octanol–water partition coefficient (Wildman–Crippen LogP) is 3.18. The fourth-order valence-corrected chi connectivity index (χ4v) is 1.24. The van der Waals surface area contributed by atoms with E-state index in [4.69, 9.17) is 0 Å². The zero-order chi connectivity index (χ0) is 8.74. The summed E-state index contributed by atoms with van der Waals surface area (Å²) in [5.41, 5.74) is -0.397. The van der Waals surface area contributed by atoms with Crippen molar-refractivity contribution in [3.05, 3.63) is 0 Å². The summed E-state index contributed by atoms with van der Waals surface area (Å²) in [6.07, 6.45) is 6.59. The lowest BCUT2D eigenvalue weighted by molar-refractivity contribution is 0.0376. The standard InChI is InChI=1S/C10H22O.H3P/c1-4-6-8-10(3,11)9-7-5-2;/h11H,4-9H2,1-3H3;1H3. The molecule has 76 valence electrons. The van der Waals surface area contributed by atoms with Gasteiger partial charge in [-0.3, -0.25) is 0 Å². The van der Waals surface area contributed by atoms with E-state index in [1.54, 1.807) is 0 Å². The van der Waals surface area contributed by atoms with Crippen LogP contribution in [-0.4, -0.2) is 10.7 Å². The maximum Gasteiger partial charge on any atom is 0.0619 e. The topological polar surface area (TPSA) is 20.2 Å². The lowest BCUT2D eigenvalue weighted by atomic mass is 9.93. The minimum absolute atomic E-state index is 0. The first-order chi connectivity index (χ1) is 5.12. The normalized spacial score (nSPS) is 11.0. The van der Waals surface area contributed by atoms with Crippen LogP contribution < -0.4 is 0 Å². The Morgan fingerprint density at radius 3 is 1.58 bits per heavy atom. The van der Waals surface area contributed by atoms with Gasteiger partial charge in [0.2, 0.25) is 0 Å². The van der Waals surface area contributed by atoms with Gasteiger partial charge in [-0.25, -0.2) is 0 Å². The van der Waals surface area contributed by atoms with Crippen molar-refractivity contribution in [2.75, 3.05) is 0 Å². The van der Waals surface area contributed by atoms with Crippen LogP contribution in [0.4, 0.5) is 0 Å². The van der Waals surface area contributed by atoms with Crippen molar-refractivity contribution < 1.29 is 5.11 Å². The van der Waals surface area contributed by atoms with Crippen LogP contribution in [0.15, 0.2) is 0 Å². The number of aliphatic hydroxyl groups is 1. The Morgan fingerprint density at radius 1 is 1.00 bits per heavy atom. The molecule has 0 rings (SSSR count). The molecule has 0 amide bonds. The largest absolute Gasteiger partial charge is 0.390 e. The maximum absolute atomic E-state index is 9.78. The molecule has 1 nitrogen and oxygen atoms in total. The Labute approximate surface area is 80.6 Å². The lowest BCUT2D eigenvalue weighted by Crippen LogP contribution is -2.23. The van der Waals surface area contributed by atoms with Gasteiger partial charge in [0.25, 0.3) is 0 Å². The lowest BCUT2D eigenvalue weighted by Gasteiger charge is -2.22. The zero-order valence-electron chi connectivity index (χ0n) is 8.90. The number of unbranched alkanes of at least 4 members (excludes halogenated alkanes) is 2. The van der Waals surface area contributed by atoms with Crippen molar-refractivity contribution in [1.82, 2.24) is 0 Å². The summed E-state index contributed by atoms with van der Waals surface area (Å²) in [6, 6.07) is 0. The van der Waals surface area contributed by atoms with E-state index in [2.05, 4.69) is 13.8 Å². The second-order valence-electron chi connectivity index (χ2n) is 3.70. The molecule has 0 saturated heterocycles.